The third-order valence-corrected chi connectivity index (χ3v) is 7.53. The average molecular weight is 676 g/mol. The molecule has 1 saturated heterocycles. The van der Waals surface area contributed by atoms with Crippen molar-refractivity contribution < 1.29 is 37.3 Å². The predicted molar refractivity (Wildman–Crippen MR) is 182 cm³/mol. The van der Waals surface area contributed by atoms with Crippen LogP contribution in [-0.4, -0.2) is 74.3 Å². The number of carbonyl (C=O) groups is 2. The number of hydrogen-bond acceptors (Lipinski definition) is 9. The Bertz CT molecular complexity index is 1800. The molecule has 1 fully saturated rings. The number of rotatable bonds is 14. The van der Waals surface area contributed by atoms with Gasteiger partial charge < -0.3 is 34.9 Å². The van der Waals surface area contributed by atoms with Crippen molar-refractivity contribution in [3.05, 3.63) is 90.3 Å². The van der Waals surface area contributed by atoms with Crippen molar-refractivity contribution in [2.24, 2.45) is 0 Å². The molecule has 49 heavy (non-hydrogen) atoms. The van der Waals surface area contributed by atoms with Gasteiger partial charge in [-0.15, -0.1) is 0 Å². The summed E-state index contributed by atoms with van der Waals surface area (Å²) >= 11 is 0. The Kier molecular flexibility index (Phi) is 12.0. The Hall–Kier alpha value is -5.27. The molecule has 1 aromatic heterocycles. The van der Waals surface area contributed by atoms with Crippen LogP contribution in [-0.2, 0) is 14.3 Å². The van der Waals surface area contributed by atoms with E-state index in [1.165, 1.54) is 49.7 Å². The zero-order chi connectivity index (χ0) is 34.8. The van der Waals surface area contributed by atoms with Crippen LogP contribution >= 0.6 is 0 Å². The Balaban J connectivity index is 1.26. The molecule has 0 unspecified atom stereocenters. The summed E-state index contributed by atoms with van der Waals surface area (Å²) in [6.45, 7) is 8.39. The van der Waals surface area contributed by atoms with E-state index in [-0.39, 0.29) is 23.1 Å². The minimum atomic E-state index is -0.785. The molecule has 1 aliphatic rings. The number of amides is 2. The summed E-state index contributed by atoms with van der Waals surface area (Å²) in [7, 11) is 1.54. The lowest BCUT2D eigenvalue weighted by atomic mass is 10.1. The second kappa shape index (κ2) is 16.7. The number of anilines is 2. The lowest BCUT2D eigenvalue weighted by Crippen LogP contribution is -2.37. The minimum absolute atomic E-state index is 0.0794. The van der Waals surface area contributed by atoms with E-state index < -0.39 is 23.4 Å². The fraction of sp³-hybridized carbons (Fsp3) is 0.306. The van der Waals surface area contributed by atoms with Gasteiger partial charge in [-0.05, 0) is 68.8 Å². The van der Waals surface area contributed by atoms with Crippen LogP contribution in [0.15, 0.2) is 78.6 Å². The van der Waals surface area contributed by atoms with E-state index in [2.05, 4.69) is 25.8 Å². The molecule has 0 bridgehead atoms. The van der Waals surface area contributed by atoms with Gasteiger partial charge in [0, 0.05) is 67.0 Å². The van der Waals surface area contributed by atoms with Crippen LogP contribution in [0.2, 0.25) is 0 Å². The van der Waals surface area contributed by atoms with Crippen LogP contribution in [0.3, 0.4) is 0 Å². The highest BCUT2D eigenvalue weighted by Crippen LogP contribution is 2.38. The molecule has 2 amide bonds. The Morgan fingerprint density at radius 3 is 2.33 bits per heavy atom. The Morgan fingerprint density at radius 2 is 1.63 bits per heavy atom. The largest absolute Gasteiger partial charge is 0.493 e. The van der Waals surface area contributed by atoms with Gasteiger partial charge in [-0.3, -0.25) is 19.5 Å². The zero-order valence-electron chi connectivity index (χ0n) is 27.6. The monoisotopic (exact) mass is 675 g/mol. The van der Waals surface area contributed by atoms with Gasteiger partial charge in [0.15, 0.2) is 23.1 Å². The second-order valence-corrected chi connectivity index (χ2v) is 11.5. The van der Waals surface area contributed by atoms with Crippen molar-refractivity contribution >= 4 is 34.1 Å². The summed E-state index contributed by atoms with van der Waals surface area (Å²) in [6.07, 6.45) is 3.66. The summed E-state index contributed by atoms with van der Waals surface area (Å²) in [6, 6.07) is 14.0. The molecule has 5 rings (SSSR count). The molecule has 1 aliphatic heterocycles. The Morgan fingerprint density at radius 1 is 0.918 bits per heavy atom. The first-order chi connectivity index (χ1) is 23.7. The smallest absolute Gasteiger partial charge is 0.262 e. The molecule has 0 spiro atoms. The highest BCUT2D eigenvalue weighted by molar-refractivity contribution is 6.26. The van der Waals surface area contributed by atoms with Crippen LogP contribution in [0.5, 0.6) is 23.0 Å². The van der Waals surface area contributed by atoms with Gasteiger partial charge in [0.2, 0.25) is 0 Å². The molecule has 11 nitrogen and oxygen atoms in total. The van der Waals surface area contributed by atoms with Gasteiger partial charge in [0.25, 0.3) is 11.8 Å². The third kappa shape index (κ3) is 9.64. The zero-order valence-corrected chi connectivity index (χ0v) is 27.6. The molecule has 3 aromatic carbocycles. The van der Waals surface area contributed by atoms with E-state index >= 15 is 4.39 Å². The molecule has 4 aromatic rings. The van der Waals surface area contributed by atoms with E-state index in [1.807, 2.05) is 13.8 Å². The number of carbonyl (C=O) groups excluding carboxylic acids is 2. The molecular weight excluding hydrogens is 636 g/mol. The number of methoxy groups -OCH3 is 1. The summed E-state index contributed by atoms with van der Waals surface area (Å²) < 4.78 is 51.6. The first-order valence-electron chi connectivity index (χ1n) is 15.9. The minimum Gasteiger partial charge on any atom is -0.493 e. The van der Waals surface area contributed by atoms with E-state index in [4.69, 9.17) is 18.9 Å². The molecule has 3 N–H and O–H groups in total. The van der Waals surface area contributed by atoms with Crippen molar-refractivity contribution in [3.8, 4) is 23.0 Å². The number of aromatic nitrogens is 1. The standard InChI is InChI=1S/C36H39F2N5O6/c1-23(2)40-22-28(35(44)41-25-7-5-24(37)6-8-25)36(45)42-26-9-10-32(29(38)19-26)49-31-11-12-39-30-21-34(33(46-3)20-27(30)31)48-16-4-13-43-14-17-47-18-15-43/h5-12,19-23,40H,4,13-18H2,1-3H3,(H,41,44)(H,42,45)/b28-22+. The highest BCUT2D eigenvalue weighted by Gasteiger charge is 2.21. The van der Waals surface area contributed by atoms with Crippen molar-refractivity contribution in [3.63, 3.8) is 0 Å². The normalized spacial score (nSPS) is 13.6. The molecule has 13 heteroatoms. The molecule has 0 aliphatic carbocycles. The second-order valence-electron chi connectivity index (χ2n) is 11.5. The quantitative estimate of drug-likeness (QED) is 0.0652. The Labute approximate surface area is 283 Å². The van der Waals surface area contributed by atoms with Crippen molar-refractivity contribution in [2.45, 2.75) is 26.3 Å². The number of pyridine rings is 1. The number of nitrogens with zero attached hydrogens (tertiary/aromatic N) is 2. The van der Waals surface area contributed by atoms with Crippen molar-refractivity contribution in [1.82, 2.24) is 15.2 Å². The molecule has 258 valence electrons. The van der Waals surface area contributed by atoms with Gasteiger partial charge in [0.05, 0.1) is 32.4 Å². The highest BCUT2D eigenvalue weighted by atomic mass is 19.1. The molecule has 0 radical (unpaired) electrons. The number of fused-ring (bicyclic) bond motifs is 1. The van der Waals surface area contributed by atoms with Gasteiger partial charge in [-0.2, -0.15) is 0 Å². The molecule has 2 heterocycles. The molecular formula is C36H39F2N5O6. The number of morpholine rings is 1. The summed E-state index contributed by atoms with van der Waals surface area (Å²) in [5, 5.41) is 8.62. The summed E-state index contributed by atoms with van der Waals surface area (Å²) in [5.41, 5.74) is 0.693. The number of benzene rings is 3. The first-order valence-corrected chi connectivity index (χ1v) is 15.9. The van der Waals surface area contributed by atoms with Gasteiger partial charge in [0.1, 0.15) is 17.1 Å². The predicted octanol–water partition coefficient (Wildman–Crippen LogP) is 5.87. The maximum absolute atomic E-state index is 15.4. The molecule has 0 atom stereocenters. The van der Waals surface area contributed by atoms with Gasteiger partial charge in [-0.1, -0.05) is 0 Å². The van der Waals surface area contributed by atoms with E-state index in [1.54, 1.807) is 24.4 Å². The third-order valence-electron chi connectivity index (χ3n) is 7.53. The maximum atomic E-state index is 15.4. The summed E-state index contributed by atoms with van der Waals surface area (Å²) in [5.74, 6) is -1.49. The van der Waals surface area contributed by atoms with Crippen LogP contribution in [0, 0.1) is 11.6 Å². The van der Waals surface area contributed by atoms with Crippen molar-refractivity contribution in [2.75, 3.05) is 57.2 Å². The fourth-order valence-electron chi connectivity index (χ4n) is 4.98. The van der Waals surface area contributed by atoms with Gasteiger partial charge >= 0.3 is 0 Å². The number of halogens is 2. The lowest BCUT2D eigenvalue weighted by molar-refractivity contribution is -0.118. The first kappa shape index (κ1) is 35.0. The number of nitrogens with one attached hydrogen (secondary N) is 3. The van der Waals surface area contributed by atoms with Crippen LogP contribution in [0.4, 0.5) is 20.2 Å². The van der Waals surface area contributed by atoms with E-state index in [9.17, 15) is 14.0 Å². The fourth-order valence-corrected chi connectivity index (χ4v) is 4.98. The topological polar surface area (TPSA) is 123 Å². The van der Waals surface area contributed by atoms with E-state index in [0.29, 0.717) is 40.4 Å². The lowest BCUT2D eigenvalue weighted by Gasteiger charge is -2.26. The maximum Gasteiger partial charge on any atom is 0.262 e. The van der Waals surface area contributed by atoms with Crippen LogP contribution in [0.1, 0.15) is 20.3 Å². The van der Waals surface area contributed by atoms with Gasteiger partial charge in [-0.25, -0.2) is 8.78 Å². The van der Waals surface area contributed by atoms with Crippen molar-refractivity contribution in [1.29, 1.82) is 0 Å². The van der Waals surface area contributed by atoms with E-state index in [0.717, 1.165) is 45.3 Å². The molecule has 0 saturated carbocycles. The average Bonchev–Trinajstić information content (AvgIpc) is 3.09. The SMILES string of the molecule is COc1cc2c(Oc3ccc(NC(=O)/C(=C/NC(C)C)C(=O)Nc4ccc(F)cc4)cc3F)ccnc2cc1OCCCN1CCOCC1. The number of ether oxygens (including phenoxy) is 4. The summed E-state index contributed by atoms with van der Waals surface area (Å²) in [4.78, 5) is 32.9. The van der Waals surface area contributed by atoms with Crippen LogP contribution in [0.25, 0.3) is 10.9 Å². The number of hydrogen-bond donors (Lipinski definition) is 3. The van der Waals surface area contributed by atoms with Crippen LogP contribution < -0.4 is 30.2 Å².